The van der Waals surface area contributed by atoms with Gasteiger partial charge in [-0.05, 0) is 30.5 Å². The standard InChI is InChI=1S/C19H22N2O2/c1-23-18-9-12-21(19(22)16-7-10-20-11-8-16)14-17(18)13-15-5-3-2-4-6-15/h2-8,10-11,17-18H,9,12-14H2,1H3/t17-,18-/m0/s1. The van der Waals surface area contributed by atoms with Crippen molar-refractivity contribution >= 4 is 5.91 Å². The molecular weight excluding hydrogens is 288 g/mol. The van der Waals surface area contributed by atoms with E-state index in [1.165, 1.54) is 5.56 Å². The third-order valence-electron chi connectivity index (χ3n) is 4.52. The van der Waals surface area contributed by atoms with Crippen LogP contribution in [0.4, 0.5) is 0 Å². The van der Waals surface area contributed by atoms with Crippen LogP contribution in [0.1, 0.15) is 22.3 Å². The molecule has 2 heterocycles. The van der Waals surface area contributed by atoms with E-state index in [2.05, 4.69) is 29.2 Å². The van der Waals surface area contributed by atoms with Crippen LogP contribution in [-0.2, 0) is 11.2 Å². The van der Waals surface area contributed by atoms with Crippen molar-refractivity contribution in [1.82, 2.24) is 9.88 Å². The van der Waals surface area contributed by atoms with E-state index in [4.69, 9.17) is 4.74 Å². The van der Waals surface area contributed by atoms with Crippen LogP contribution in [0.5, 0.6) is 0 Å². The Bertz CT molecular complexity index is 630. The van der Waals surface area contributed by atoms with E-state index < -0.39 is 0 Å². The minimum atomic E-state index is 0.0833. The topological polar surface area (TPSA) is 42.4 Å². The van der Waals surface area contributed by atoms with Gasteiger partial charge >= 0.3 is 0 Å². The molecule has 120 valence electrons. The lowest BCUT2D eigenvalue weighted by Crippen LogP contribution is -2.47. The summed E-state index contributed by atoms with van der Waals surface area (Å²) in [6, 6.07) is 14.0. The molecule has 23 heavy (non-hydrogen) atoms. The summed E-state index contributed by atoms with van der Waals surface area (Å²) in [5, 5.41) is 0. The Labute approximate surface area is 137 Å². The van der Waals surface area contributed by atoms with Gasteiger partial charge in [-0.3, -0.25) is 9.78 Å². The number of ether oxygens (including phenoxy) is 1. The number of amides is 1. The Kier molecular flexibility index (Phi) is 5.03. The van der Waals surface area contributed by atoms with Crippen LogP contribution in [-0.4, -0.2) is 42.1 Å². The number of methoxy groups -OCH3 is 1. The van der Waals surface area contributed by atoms with E-state index >= 15 is 0 Å². The van der Waals surface area contributed by atoms with Gasteiger partial charge in [-0.25, -0.2) is 0 Å². The summed E-state index contributed by atoms with van der Waals surface area (Å²) in [6.45, 7) is 1.47. The summed E-state index contributed by atoms with van der Waals surface area (Å²) in [5.74, 6) is 0.405. The van der Waals surface area contributed by atoms with Gasteiger partial charge < -0.3 is 9.64 Å². The second-order valence-corrected chi connectivity index (χ2v) is 6.00. The van der Waals surface area contributed by atoms with Crippen molar-refractivity contribution < 1.29 is 9.53 Å². The van der Waals surface area contributed by atoms with E-state index in [1.807, 2.05) is 11.0 Å². The zero-order valence-corrected chi connectivity index (χ0v) is 13.4. The number of piperidine rings is 1. The van der Waals surface area contributed by atoms with Crippen LogP contribution in [0, 0.1) is 5.92 Å². The molecule has 1 aliphatic heterocycles. The fourth-order valence-corrected chi connectivity index (χ4v) is 3.30. The molecule has 0 spiro atoms. The van der Waals surface area contributed by atoms with Crippen molar-refractivity contribution in [3.05, 3.63) is 66.0 Å². The number of benzene rings is 1. The molecule has 0 bridgehead atoms. The van der Waals surface area contributed by atoms with Gasteiger partial charge in [0, 0.05) is 44.1 Å². The number of pyridine rings is 1. The number of hydrogen-bond acceptors (Lipinski definition) is 3. The Hall–Kier alpha value is -2.20. The van der Waals surface area contributed by atoms with Crippen molar-refractivity contribution in [2.75, 3.05) is 20.2 Å². The summed E-state index contributed by atoms with van der Waals surface area (Å²) < 4.78 is 5.66. The number of aromatic nitrogens is 1. The fraction of sp³-hybridized carbons (Fsp3) is 0.368. The van der Waals surface area contributed by atoms with E-state index in [9.17, 15) is 4.79 Å². The molecule has 1 aromatic heterocycles. The first kappa shape index (κ1) is 15.7. The normalized spacial score (nSPS) is 21.2. The van der Waals surface area contributed by atoms with Gasteiger partial charge in [-0.15, -0.1) is 0 Å². The monoisotopic (exact) mass is 310 g/mol. The molecule has 2 aromatic rings. The SMILES string of the molecule is CO[C@H]1CCN(C(=O)c2ccncc2)C[C@@H]1Cc1ccccc1. The molecule has 3 rings (SSSR count). The molecule has 1 aromatic carbocycles. The average Bonchev–Trinajstić information content (AvgIpc) is 2.62. The quantitative estimate of drug-likeness (QED) is 0.872. The third-order valence-corrected chi connectivity index (χ3v) is 4.52. The number of carbonyl (C=O) groups is 1. The lowest BCUT2D eigenvalue weighted by molar-refractivity contribution is -0.00299. The Balaban J connectivity index is 1.72. The van der Waals surface area contributed by atoms with Gasteiger partial charge in [0.05, 0.1) is 6.10 Å². The van der Waals surface area contributed by atoms with Gasteiger partial charge in [0.15, 0.2) is 0 Å². The molecule has 1 amide bonds. The number of carbonyl (C=O) groups excluding carboxylic acids is 1. The molecule has 0 aliphatic carbocycles. The average molecular weight is 310 g/mol. The van der Waals surface area contributed by atoms with E-state index in [-0.39, 0.29) is 12.0 Å². The molecule has 4 heteroatoms. The van der Waals surface area contributed by atoms with Crippen molar-refractivity contribution in [2.45, 2.75) is 18.9 Å². The molecule has 0 saturated carbocycles. The minimum Gasteiger partial charge on any atom is -0.381 e. The highest BCUT2D eigenvalue weighted by molar-refractivity contribution is 5.94. The van der Waals surface area contributed by atoms with Gasteiger partial charge in [-0.1, -0.05) is 30.3 Å². The highest BCUT2D eigenvalue weighted by atomic mass is 16.5. The third kappa shape index (κ3) is 3.77. The molecule has 1 aliphatic rings. The second-order valence-electron chi connectivity index (χ2n) is 6.00. The first-order chi connectivity index (χ1) is 11.3. The first-order valence-corrected chi connectivity index (χ1v) is 8.04. The summed E-state index contributed by atoms with van der Waals surface area (Å²) in [7, 11) is 1.77. The summed E-state index contributed by atoms with van der Waals surface area (Å²) in [4.78, 5) is 18.6. The van der Waals surface area contributed by atoms with Crippen molar-refractivity contribution in [1.29, 1.82) is 0 Å². The largest absolute Gasteiger partial charge is 0.381 e. The van der Waals surface area contributed by atoms with Crippen molar-refractivity contribution in [3.8, 4) is 0 Å². The van der Waals surface area contributed by atoms with Gasteiger partial charge in [0.2, 0.25) is 0 Å². The van der Waals surface area contributed by atoms with Gasteiger partial charge in [0.25, 0.3) is 5.91 Å². The Morgan fingerprint density at radius 2 is 1.96 bits per heavy atom. The molecule has 1 fully saturated rings. The van der Waals surface area contributed by atoms with E-state index in [0.717, 1.165) is 25.9 Å². The Morgan fingerprint density at radius 1 is 1.22 bits per heavy atom. The number of rotatable bonds is 4. The van der Waals surface area contributed by atoms with Crippen LogP contribution >= 0.6 is 0 Å². The van der Waals surface area contributed by atoms with Crippen LogP contribution in [0.2, 0.25) is 0 Å². The molecule has 2 atom stereocenters. The van der Waals surface area contributed by atoms with Crippen LogP contribution in [0.3, 0.4) is 0 Å². The van der Waals surface area contributed by atoms with E-state index in [1.54, 1.807) is 31.6 Å². The lowest BCUT2D eigenvalue weighted by atomic mass is 9.88. The first-order valence-electron chi connectivity index (χ1n) is 8.04. The van der Waals surface area contributed by atoms with Crippen LogP contribution in [0.15, 0.2) is 54.9 Å². The maximum Gasteiger partial charge on any atom is 0.253 e. The predicted molar refractivity (Wildman–Crippen MR) is 89.2 cm³/mol. The molecule has 0 unspecified atom stereocenters. The summed E-state index contributed by atoms with van der Waals surface area (Å²) in [5.41, 5.74) is 1.99. The minimum absolute atomic E-state index is 0.0833. The fourth-order valence-electron chi connectivity index (χ4n) is 3.30. The molecule has 4 nitrogen and oxygen atoms in total. The zero-order chi connectivity index (χ0) is 16.1. The molecule has 1 saturated heterocycles. The number of nitrogens with zero attached hydrogens (tertiary/aromatic N) is 2. The maximum atomic E-state index is 12.7. The number of hydrogen-bond donors (Lipinski definition) is 0. The maximum absolute atomic E-state index is 12.7. The molecule has 0 N–H and O–H groups in total. The van der Waals surface area contributed by atoms with Crippen LogP contribution < -0.4 is 0 Å². The van der Waals surface area contributed by atoms with E-state index in [0.29, 0.717) is 11.5 Å². The second kappa shape index (κ2) is 7.38. The van der Waals surface area contributed by atoms with Gasteiger partial charge in [0.1, 0.15) is 0 Å². The lowest BCUT2D eigenvalue weighted by Gasteiger charge is -2.38. The predicted octanol–water partition coefficient (Wildman–Crippen LogP) is 2.80. The van der Waals surface area contributed by atoms with Gasteiger partial charge in [-0.2, -0.15) is 0 Å². The molecule has 0 radical (unpaired) electrons. The summed E-state index contributed by atoms with van der Waals surface area (Å²) in [6.07, 6.45) is 5.34. The highest BCUT2D eigenvalue weighted by Crippen LogP contribution is 2.24. The summed E-state index contributed by atoms with van der Waals surface area (Å²) >= 11 is 0. The highest BCUT2D eigenvalue weighted by Gasteiger charge is 2.31. The van der Waals surface area contributed by atoms with Crippen LogP contribution in [0.25, 0.3) is 0 Å². The number of likely N-dealkylation sites (tertiary alicyclic amines) is 1. The van der Waals surface area contributed by atoms with Crippen molar-refractivity contribution in [3.63, 3.8) is 0 Å². The molecular formula is C19H22N2O2. The Morgan fingerprint density at radius 3 is 2.65 bits per heavy atom. The van der Waals surface area contributed by atoms with Crippen molar-refractivity contribution in [2.24, 2.45) is 5.92 Å². The zero-order valence-electron chi connectivity index (χ0n) is 13.4. The smallest absolute Gasteiger partial charge is 0.253 e.